The second-order valence-corrected chi connectivity index (χ2v) is 10.5. The van der Waals surface area contributed by atoms with E-state index in [0.29, 0.717) is 0 Å². The molecule has 182 valence electrons. The molecule has 0 N–H and O–H groups in total. The Bertz CT molecular complexity index is 282. The molecule has 0 aromatic rings. The Morgan fingerprint density at radius 3 is 0.733 bits per heavy atom. The van der Waals surface area contributed by atoms with Gasteiger partial charge in [-0.2, -0.15) is 0 Å². The highest BCUT2D eigenvalue weighted by Gasteiger charge is 2.02. The van der Waals surface area contributed by atoms with Crippen molar-refractivity contribution in [3.8, 4) is 0 Å². The molecule has 0 fully saturated rings. The maximum absolute atomic E-state index is 2.49. The Kier molecular flexibility index (Phi) is 27.0. The molecule has 0 amide bonds. The van der Waals surface area contributed by atoms with Gasteiger partial charge in [0.15, 0.2) is 0 Å². The van der Waals surface area contributed by atoms with E-state index in [1.807, 2.05) is 0 Å². The third-order valence-electron chi connectivity index (χ3n) is 7.10. The third kappa shape index (κ3) is 26.0. The summed E-state index contributed by atoms with van der Waals surface area (Å²) in [5, 5.41) is 0. The standard InChI is InChI=1S/C30H62/c1-4-6-8-10-12-13-14-15-16-17-18-19-20-21-22-23-25-27-29-30(3)28-26-24-11-9-7-5-2/h30H,4-29H2,1-3H3. The number of hydrogen-bond donors (Lipinski definition) is 0. The van der Waals surface area contributed by atoms with Crippen LogP contribution in [0.2, 0.25) is 0 Å². The average Bonchev–Trinajstić information content (AvgIpc) is 2.75. The predicted molar refractivity (Wildman–Crippen MR) is 141 cm³/mol. The number of unbranched alkanes of at least 4 members (excludes halogenated alkanes) is 22. The molecular formula is C30H62. The molecule has 0 saturated heterocycles. The van der Waals surface area contributed by atoms with Crippen molar-refractivity contribution < 1.29 is 0 Å². The average molecular weight is 423 g/mol. The molecule has 0 radical (unpaired) electrons. The first kappa shape index (κ1) is 30.0. The van der Waals surface area contributed by atoms with Crippen LogP contribution in [0.15, 0.2) is 0 Å². The highest BCUT2D eigenvalue weighted by Crippen LogP contribution is 2.19. The highest BCUT2D eigenvalue weighted by molar-refractivity contribution is 4.56. The van der Waals surface area contributed by atoms with E-state index in [2.05, 4.69) is 20.8 Å². The molecule has 0 aliphatic rings. The van der Waals surface area contributed by atoms with Gasteiger partial charge in [-0.25, -0.2) is 0 Å². The van der Waals surface area contributed by atoms with E-state index in [4.69, 9.17) is 0 Å². The molecule has 0 aromatic heterocycles. The van der Waals surface area contributed by atoms with E-state index < -0.39 is 0 Å². The fraction of sp³-hybridized carbons (Fsp3) is 1.00. The van der Waals surface area contributed by atoms with Crippen molar-refractivity contribution in [2.75, 3.05) is 0 Å². The van der Waals surface area contributed by atoms with Gasteiger partial charge >= 0.3 is 0 Å². The first-order valence-electron chi connectivity index (χ1n) is 14.8. The zero-order valence-electron chi connectivity index (χ0n) is 22.0. The van der Waals surface area contributed by atoms with Gasteiger partial charge in [0, 0.05) is 0 Å². The van der Waals surface area contributed by atoms with Crippen molar-refractivity contribution >= 4 is 0 Å². The molecule has 0 spiro atoms. The smallest absolute Gasteiger partial charge is 0.0443 e. The Labute approximate surface area is 193 Å². The maximum atomic E-state index is 2.49. The molecule has 0 nitrogen and oxygen atoms in total. The lowest BCUT2D eigenvalue weighted by atomic mass is 9.96. The minimum absolute atomic E-state index is 0.970. The van der Waals surface area contributed by atoms with Crippen LogP contribution in [0.5, 0.6) is 0 Å². The van der Waals surface area contributed by atoms with Crippen LogP contribution in [0.1, 0.15) is 188 Å². The highest BCUT2D eigenvalue weighted by atomic mass is 14.1. The second kappa shape index (κ2) is 27.0. The summed E-state index contributed by atoms with van der Waals surface area (Å²) in [5.41, 5.74) is 0. The minimum atomic E-state index is 0.970. The summed E-state index contributed by atoms with van der Waals surface area (Å²) in [6.45, 7) is 7.10. The molecule has 0 saturated carbocycles. The van der Waals surface area contributed by atoms with Crippen LogP contribution < -0.4 is 0 Å². The van der Waals surface area contributed by atoms with E-state index >= 15 is 0 Å². The van der Waals surface area contributed by atoms with E-state index in [1.165, 1.54) is 167 Å². The topological polar surface area (TPSA) is 0 Å². The molecule has 0 heterocycles. The lowest BCUT2D eigenvalue weighted by molar-refractivity contribution is 0.430. The van der Waals surface area contributed by atoms with Crippen molar-refractivity contribution in [3.63, 3.8) is 0 Å². The molecule has 1 atom stereocenters. The van der Waals surface area contributed by atoms with Crippen molar-refractivity contribution in [1.82, 2.24) is 0 Å². The van der Waals surface area contributed by atoms with Crippen LogP contribution in [0.3, 0.4) is 0 Å². The third-order valence-corrected chi connectivity index (χ3v) is 7.10. The lowest BCUT2D eigenvalue weighted by Gasteiger charge is -2.11. The van der Waals surface area contributed by atoms with Crippen LogP contribution in [0.4, 0.5) is 0 Å². The molecule has 0 rings (SSSR count). The molecule has 0 heteroatoms. The molecule has 30 heavy (non-hydrogen) atoms. The zero-order valence-corrected chi connectivity index (χ0v) is 22.0. The van der Waals surface area contributed by atoms with Crippen LogP contribution in [-0.2, 0) is 0 Å². The fourth-order valence-corrected chi connectivity index (χ4v) is 4.81. The SMILES string of the molecule is CCCCCCCCCCCCCCCCCCCCC(C)CCCCCCCC. The zero-order chi connectivity index (χ0) is 22.0. The van der Waals surface area contributed by atoms with Gasteiger partial charge < -0.3 is 0 Å². The summed E-state index contributed by atoms with van der Waals surface area (Å²) in [6.07, 6.45) is 38.3. The van der Waals surface area contributed by atoms with Gasteiger partial charge in [-0.1, -0.05) is 188 Å². The van der Waals surface area contributed by atoms with Gasteiger partial charge in [0.2, 0.25) is 0 Å². The van der Waals surface area contributed by atoms with Crippen molar-refractivity contribution in [1.29, 1.82) is 0 Å². The van der Waals surface area contributed by atoms with Gasteiger partial charge in [-0.05, 0) is 5.92 Å². The van der Waals surface area contributed by atoms with Crippen molar-refractivity contribution in [2.45, 2.75) is 188 Å². The summed E-state index contributed by atoms with van der Waals surface area (Å²) in [5.74, 6) is 0.970. The van der Waals surface area contributed by atoms with Gasteiger partial charge in [-0.15, -0.1) is 0 Å². The molecule has 0 bridgehead atoms. The summed E-state index contributed by atoms with van der Waals surface area (Å²) in [7, 11) is 0. The van der Waals surface area contributed by atoms with E-state index in [0.717, 1.165) is 5.92 Å². The monoisotopic (exact) mass is 422 g/mol. The molecule has 0 aliphatic heterocycles. The quantitative estimate of drug-likeness (QED) is 0.122. The van der Waals surface area contributed by atoms with E-state index in [-0.39, 0.29) is 0 Å². The largest absolute Gasteiger partial charge is 0.0654 e. The van der Waals surface area contributed by atoms with E-state index in [9.17, 15) is 0 Å². The Hall–Kier alpha value is 0. The van der Waals surface area contributed by atoms with Crippen molar-refractivity contribution in [3.05, 3.63) is 0 Å². The lowest BCUT2D eigenvalue weighted by Crippen LogP contribution is -1.95. The Morgan fingerprint density at radius 2 is 0.500 bits per heavy atom. The van der Waals surface area contributed by atoms with Crippen molar-refractivity contribution in [2.24, 2.45) is 5.92 Å². The Balaban J connectivity index is 3.09. The maximum Gasteiger partial charge on any atom is -0.0443 e. The van der Waals surface area contributed by atoms with E-state index in [1.54, 1.807) is 0 Å². The molecule has 0 aromatic carbocycles. The van der Waals surface area contributed by atoms with Crippen LogP contribution in [-0.4, -0.2) is 0 Å². The normalized spacial score (nSPS) is 12.5. The number of hydrogen-bond acceptors (Lipinski definition) is 0. The number of rotatable bonds is 26. The molecular weight excluding hydrogens is 360 g/mol. The van der Waals surface area contributed by atoms with Crippen LogP contribution in [0.25, 0.3) is 0 Å². The van der Waals surface area contributed by atoms with Gasteiger partial charge in [0.05, 0.1) is 0 Å². The molecule has 1 unspecified atom stereocenters. The second-order valence-electron chi connectivity index (χ2n) is 10.5. The van der Waals surface area contributed by atoms with Gasteiger partial charge in [0.25, 0.3) is 0 Å². The summed E-state index contributed by atoms with van der Waals surface area (Å²) < 4.78 is 0. The summed E-state index contributed by atoms with van der Waals surface area (Å²) in [6, 6.07) is 0. The molecule has 0 aliphatic carbocycles. The predicted octanol–water partition coefficient (Wildman–Crippen LogP) is 11.8. The minimum Gasteiger partial charge on any atom is -0.0654 e. The van der Waals surface area contributed by atoms with Crippen LogP contribution in [0, 0.1) is 5.92 Å². The van der Waals surface area contributed by atoms with Gasteiger partial charge in [-0.3, -0.25) is 0 Å². The fourth-order valence-electron chi connectivity index (χ4n) is 4.81. The van der Waals surface area contributed by atoms with Gasteiger partial charge in [0.1, 0.15) is 0 Å². The first-order valence-corrected chi connectivity index (χ1v) is 14.8. The summed E-state index contributed by atoms with van der Waals surface area (Å²) >= 11 is 0. The van der Waals surface area contributed by atoms with Crippen LogP contribution >= 0.6 is 0 Å². The first-order chi connectivity index (χ1) is 14.8. The summed E-state index contributed by atoms with van der Waals surface area (Å²) in [4.78, 5) is 0. The Morgan fingerprint density at radius 1 is 0.300 bits per heavy atom.